The molecule has 134 valence electrons. The number of nitrogens with zero attached hydrogens (tertiary/aromatic N) is 2. The van der Waals surface area contributed by atoms with Crippen molar-refractivity contribution in [3.63, 3.8) is 0 Å². The summed E-state index contributed by atoms with van der Waals surface area (Å²) in [6.07, 6.45) is 1.72. The van der Waals surface area contributed by atoms with Crippen LogP contribution < -0.4 is 10.6 Å². The lowest BCUT2D eigenvalue weighted by atomic mass is 10.1. The Morgan fingerprint density at radius 2 is 2.04 bits per heavy atom. The first-order valence-corrected chi connectivity index (χ1v) is 8.53. The Morgan fingerprint density at radius 3 is 2.76 bits per heavy atom. The van der Waals surface area contributed by atoms with E-state index in [1.165, 1.54) is 0 Å². The lowest BCUT2D eigenvalue weighted by molar-refractivity contribution is 0.102. The van der Waals surface area contributed by atoms with Gasteiger partial charge in [0, 0.05) is 32.0 Å². The van der Waals surface area contributed by atoms with Crippen LogP contribution in [0.15, 0.2) is 24.3 Å². The lowest BCUT2D eigenvalue weighted by Crippen LogP contribution is -2.17. The van der Waals surface area contributed by atoms with E-state index in [0.717, 1.165) is 36.2 Å². The van der Waals surface area contributed by atoms with Crippen LogP contribution in [0.25, 0.3) is 0 Å². The summed E-state index contributed by atoms with van der Waals surface area (Å²) in [7, 11) is 1.67. The number of ether oxygens (including phenoxy) is 1. The molecule has 0 spiro atoms. The quantitative estimate of drug-likeness (QED) is 0.720. The number of benzene rings is 1. The molecule has 0 saturated carbocycles. The SMILES string of the molecule is CCc1cccc(C)c1NC(=O)c1cc(NCCCOC)nc(C)n1. The van der Waals surface area contributed by atoms with Crippen LogP contribution >= 0.6 is 0 Å². The first-order valence-electron chi connectivity index (χ1n) is 8.53. The Morgan fingerprint density at radius 1 is 1.24 bits per heavy atom. The molecule has 0 aliphatic rings. The van der Waals surface area contributed by atoms with Crippen molar-refractivity contribution in [2.45, 2.75) is 33.6 Å². The standard InChI is InChI=1S/C19H26N4O2/c1-5-15-9-6-8-13(2)18(15)23-19(24)16-12-17(22-14(3)21-16)20-10-7-11-25-4/h6,8-9,12H,5,7,10-11H2,1-4H3,(H,23,24)(H,20,21,22). The van der Waals surface area contributed by atoms with E-state index in [0.29, 0.717) is 23.9 Å². The zero-order valence-electron chi connectivity index (χ0n) is 15.3. The van der Waals surface area contributed by atoms with Crippen molar-refractivity contribution in [1.82, 2.24) is 9.97 Å². The summed E-state index contributed by atoms with van der Waals surface area (Å²) in [4.78, 5) is 21.3. The van der Waals surface area contributed by atoms with E-state index in [2.05, 4.69) is 27.5 Å². The van der Waals surface area contributed by atoms with Crippen molar-refractivity contribution in [1.29, 1.82) is 0 Å². The molecule has 1 heterocycles. The number of anilines is 2. The Labute approximate surface area is 149 Å². The maximum absolute atomic E-state index is 12.7. The molecule has 0 aliphatic heterocycles. The highest BCUT2D eigenvalue weighted by Crippen LogP contribution is 2.22. The van der Waals surface area contributed by atoms with Crippen molar-refractivity contribution in [2.75, 3.05) is 30.9 Å². The maximum Gasteiger partial charge on any atom is 0.274 e. The van der Waals surface area contributed by atoms with Gasteiger partial charge in [0.2, 0.25) is 0 Å². The minimum absolute atomic E-state index is 0.227. The molecule has 0 bridgehead atoms. The molecule has 1 amide bonds. The molecule has 6 heteroatoms. The number of aromatic nitrogens is 2. The zero-order valence-corrected chi connectivity index (χ0v) is 15.3. The first-order chi connectivity index (χ1) is 12.0. The van der Waals surface area contributed by atoms with Crippen LogP contribution in [0, 0.1) is 13.8 Å². The van der Waals surface area contributed by atoms with Crippen LogP contribution in [-0.2, 0) is 11.2 Å². The van der Waals surface area contributed by atoms with Gasteiger partial charge >= 0.3 is 0 Å². The maximum atomic E-state index is 12.7. The lowest BCUT2D eigenvalue weighted by Gasteiger charge is -2.13. The molecule has 0 saturated heterocycles. The molecule has 2 N–H and O–H groups in total. The summed E-state index contributed by atoms with van der Waals surface area (Å²) in [6.45, 7) is 7.24. The average Bonchev–Trinajstić information content (AvgIpc) is 2.60. The van der Waals surface area contributed by atoms with E-state index in [1.807, 2.05) is 25.1 Å². The van der Waals surface area contributed by atoms with Crippen molar-refractivity contribution in [3.8, 4) is 0 Å². The van der Waals surface area contributed by atoms with Crippen LogP contribution in [0.4, 0.5) is 11.5 Å². The number of carbonyl (C=O) groups is 1. The minimum Gasteiger partial charge on any atom is -0.385 e. The van der Waals surface area contributed by atoms with Crippen LogP contribution in [0.5, 0.6) is 0 Å². The van der Waals surface area contributed by atoms with E-state index in [-0.39, 0.29) is 5.91 Å². The van der Waals surface area contributed by atoms with Crippen molar-refractivity contribution in [3.05, 3.63) is 46.9 Å². The third kappa shape index (κ3) is 5.26. The molecule has 0 fully saturated rings. The Hall–Kier alpha value is -2.47. The topological polar surface area (TPSA) is 76.1 Å². The van der Waals surface area contributed by atoms with E-state index < -0.39 is 0 Å². The van der Waals surface area contributed by atoms with Crippen molar-refractivity contribution < 1.29 is 9.53 Å². The van der Waals surface area contributed by atoms with Crippen LogP contribution in [-0.4, -0.2) is 36.1 Å². The van der Waals surface area contributed by atoms with E-state index >= 15 is 0 Å². The summed E-state index contributed by atoms with van der Waals surface area (Å²) in [6, 6.07) is 7.69. The molecule has 25 heavy (non-hydrogen) atoms. The number of aryl methyl sites for hydroxylation is 3. The number of carbonyl (C=O) groups excluding carboxylic acids is 1. The molecule has 0 atom stereocenters. The number of nitrogens with one attached hydrogen (secondary N) is 2. The van der Waals surface area contributed by atoms with Gasteiger partial charge in [0.25, 0.3) is 5.91 Å². The van der Waals surface area contributed by atoms with Crippen LogP contribution in [0.1, 0.15) is 40.8 Å². The summed E-state index contributed by atoms with van der Waals surface area (Å²) < 4.78 is 5.03. The number of para-hydroxylation sites is 1. The summed E-state index contributed by atoms with van der Waals surface area (Å²) >= 11 is 0. The third-order valence-corrected chi connectivity index (χ3v) is 3.88. The van der Waals surface area contributed by atoms with Gasteiger partial charge in [-0.15, -0.1) is 0 Å². The summed E-state index contributed by atoms with van der Waals surface area (Å²) in [5.41, 5.74) is 3.36. The van der Waals surface area contributed by atoms with Gasteiger partial charge in [-0.3, -0.25) is 4.79 Å². The smallest absolute Gasteiger partial charge is 0.274 e. The van der Waals surface area contributed by atoms with Gasteiger partial charge in [0.1, 0.15) is 17.3 Å². The number of hydrogen-bond donors (Lipinski definition) is 2. The fourth-order valence-electron chi connectivity index (χ4n) is 2.59. The van der Waals surface area contributed by atoms with E-state index in [1.54, 1.807) is 20.1 Å². The molecular formula is C19H26N4O2. The minimum atomic E-state index is -0.227. The van der Waals surface area contributed by atoms with Crippen molar-refractivity contribution >= 4 is 17.4 Å². The molecule has 2 aromatic rings. The van der Waals surface area contributed by atoms with Gasteiger partial charge in [-0.05, 0) is 37.8 Å². The van der Waals surface area contributed by atoms with Gasteiger partial charge in [-0.25, -0.2) is 9.97 Å². The normalized spacial score (nSPS) is 10.6. The number of methoxy groups -OCH3 is 1. The Kier molecular flexibility index (Phi) is 6.89. The second-order valence-corrected chi connectivity index (χ2v) is 5.88. The second kappa shape index (κ2) is 9.13. The van der Waals surface area contributed by atoms with Gasteiger partial charge in [0.15, 0.2) is 0 Å². The van der Waals surface area contributed by atoms with Crippen LogP contribution in [0.2, 0.25) is 0 Å². The molecular weight excluding hydrogens is 316 g/mol. The van der Waals surface area contributed by atoms with Gasteiger partial charge < -0.3 is 15.4 Å². The van der Waals surface area contributed by atoms with Gasteiger partial charge in [-0.2, -0.15) is 0 Å². The molecule has 0 radical (unpaired) electrons. The third-order valence-electron chi connectivity index (χ3n) is 3.88. The Bertz CT molecular complexity index is 731. The van der Waals surface area contributed by atoms with Crippen LogP contribution in [0.3, 0.4) is 0 Å². The van der Waals surface area contributed by atoms with E-state index in [9.17, 15) is 4.79 Å². The fraction of sp³-hybridized carbons (Fsp3) is 0.421. The first kappa shape index (κ1) is 18.9. The number of hydrogen-bond acceptors (Lipinski definition) is 5. The molecule has 6 nitrogen and oxygen atoms in total. The zero-order chi connectivity index (χ0) is 18.2. The summed E-state index contributed by atoms with van der Waals surface area (Å²) in [5.74, 6) is 0.978. The number of rotatable bonds is 8. The molecule has 1 aromatic heterocycles. The summed E-state index contributed by atoms with van der Waals surface area (Å²) in [5, 5.41) is 6.20. The largest absolute Gasteiger partial charge is 0.385 e. The predicted molar refractivity (Wildman–Crippen MR) is 100 cm³/mol. The average molecular weight is 342 g/mol. The fourth-order valence-corrected chi connectivity index (χ4v) is 2.59. The molecule has 2 rings (SSSR count). The highest BCUT2D eigenvalue weighted by atomic mass is 16.5. The van der Waals surface area contributed by atoms with E-state index in [4.69, 9.17) is 4.74 Å². The molecule has 1 aromatic carbocycles. The highest BCUT2D eigenvalue weighted by Gasteiger charge is 2.13. The monoisotopic (exact) mass is 342 g/mol. The Balaban J connectivity index is 2.15. The number of amides is 1. The van der Waals surface area contributed by atoms with Gasteiger partial charge in [-0.1, -0.05) is 25.1 Å². The van der Waals surface area contributed by atoms with Gasteiger partial charge in [0.05, 0.1) is 0 Å². The van der Waals surface area contributed by atoms with Crippen molar-refractivity contribution in [2.24, 2.45) is 0 Å². The molecule has 0 aliphatic carbocycles. The second-order valence-electron chi connectivity index (χ2n) is 5.88. The highest BCUT2D eigenvalue weighted by molar-refractivity contribution is 6.04. The molecule has 0 unspecified atom stereocenters. The predicted octanol–water partition coefficient (Wildman–Crippen LogP) is 3.36.